The molecule has 1 aromatic carbocycles. The minimum atomic E-state index is -3.22. The van der Waals surface area contributed by atoms with E-state index in [0.717, 1.165) is 12.8 Å². The average Bonchev–Trinajstić information content (AvgIpc) is 2.58. The zero-order valence-electron chi connectivity index (χ0n) is 15.6. The lowest BCUT2D eigenvalue weighted by atomic mass is 10.1. The van der Waals surface area contributed by atoms with Crippen LogP contribution in [0.3, 0.4) is 0 Å². The lowest BCUT2D eigenvalue weighted by Crippen LogP contribution is -2.14. The summed E-state index contributed by atoms with van der Waals surface area (Å²) < 4.78 is 23.2. The summed E-state index contributed by atoms with van der Waals surface area (Å²) >= 11 is 0. The molecule has 0 saturated carbocycles. The van der Waals surface area contributed by atoms with Gasteiger partial charge >= 0.3 is 11.9 Å². The Labute approximate surface area is 155 Å². The van der Waals surface area contributed by atoms with Crippen LogP contribution in [-0.2, 0) is 29.8 Å². The lowest BCUT2D eigenvalue weighted by molar-refractivity contribution is -0.147. The number of hydrogen-bond donors (Lipinski definition) is 1. The Bertz CT molecular complexity index is 599. The Kier molecular flexibility index (Phi) is 10.2. The topological polar surface area (TPSA) is 89.9 Å². The van der Waals surface area contributed by atoms with Crippen LogP contribution in [0.15, 0.2) is 30.3 Å². The van der Waals surface area contributed by atoms with Gasteiger partial charge in [-0.25, -0.2) is 0 Å². The Hall–Kier alpha value is -1.65. The summed E-state index contributed by atoms with van der Waals surface area (Å²) in [5.74, 6) is -1.61. The number of esters is 1. The molecule has 26 heavy (non-hydrogen) atoms. The van der Waals surface area contributed by atoms with Crippen LogP contribution < -0.4 is 0 Å². The molecule has 0 heterocycles. The van der Waals surface area contributed by atoms with Crippen LogP contribution in [0.2, 0.25) is 0 Å². The number of carboxylic acids is 1. The van der Waals surface area contributed by atoms with E-state index < -0.39 is 19.5 Å². The maximum atomic E-state index is 12.7. The smallest absolute Gasteiger partial charge is 0.313 e. The van der Waals surface area contributed by atoms with Gasteiger partial charge in [0.05, 0.1) is 19.1 Å². The van der Waals surface area contributed by atoms with Gasteiger partial charge in [-0.2, -0.15) is 0 Å². The molecule has 1 N–H and O–H groups in total. The van der Waals surface area contributed by atoms with Crippen LogP contribution in [-0.4, -0.2) is 42.6 Å². The zero-order chi connectivity index (χ0) is 19.4. The van der Waals surface area contributed by atoms with E-state index in [1.54, 1.807) is 13.8 Å². The highest BCUT2D eigenvalue weighted by molar-refractivity contribution is 7.59. The van der Waals surface area contributed by atoms with Gasteiger partial charge in [0.15, 0.2) is 0 Å². The van der Waals surface area contributed by atoms with Gasteiger partial charge in [0.25, 0.3) is 0 Å². The van der Waals surface area contributed by atoms with Crippen molar-refractivity contribution in [3.63, 3.8) is 0 Å². The van der Waals surface area contributed by atoms with Crippen LogP contribution in [0.25, 0.3) is 0 Å². The number of hydrogen-bond acceptors (Lipinski definition) is 5. The van der Waals surface area contributed by atoms with Crippen LogP contribution in [0.1, 0.15) is 38.7 Å². The fourth-order valence-electron chi connectivity index (χ4n) is 2.35. The maximum absolute atomic E-state index is 12.7. The largest absolute Gasteiger partial charge is 0.481 e. The number of carbonyl (C=O) groups excluding carboxylic acids is 1. The molecule has 0 amide bonds. The number of rotatable bonds is 13. The van der Waals surface area contributed by atoms with Crippen LogP contribution >= 0.6 is 7.37 Å². The average molecular weight is 384 g/mol. The molecule has 0 spiro atoms. The van der Waals surface area contributed by atoms with E-state index in [9.17, 15) is 14.2 Å². The Morgan fingerprint density at radius 3 is 2.38 bits per heavy atom. The summed E-state index contributed by atoms with van der Waals surface area (Å²) in [5.41, 5.74) is 1.20. The van der Waals surface area contributed by atoms with Gasteiger partial charge in [0.2, 0.25) is 7.37 Å². The van der Waals surface area contributed by atoms with Gasteiger partial charge in [-0.15, -0.1) is 0 Å². The highest BCUT2D eigenvalue weighted by Crippen LogP contribution is 2.47. The Morgan fingerprint density at radius 1 is 1.08 bits per heavy atom. The van der Waals surface area contributed by atoms with Gasteiger partial charge in [-0.1, -0.05) is 44.2 Å². The van der Waals surface area contributed by atoms with E-state index in [1.165, 1.54) is 5.56 Å². The second kappa shape index (κ2) is 11.9. The summed E-state index contributed by atoms with van der Waals surface area (Å²) in [5, 5.41) is 9.00. The molecule has 1 aromatic rings. The van der Waals surface area contributed by atoms with Crippen molar-refractivity contribution in [1.29, 1.82) is 0 Å². The first-order chi connectivity index (χ1) is 12.3. The third-order valence-electron chi connectivity index (χ3n) is 3.76. The number of carbonyl (C=O) groups is 2. The molecular formula is C19H29O6P. The quantitative estimate of drug-likeness (QED) is 0.314. The highest BCUT2D eigenvalue weighted by atomic mass is 31.2. The normalized spacial score (nSPS) is 13.3. The number of benzene rings is 1. The van der Waals surface area contributed by atoms with Crippen molar-refractivity contribution in [3.8, 4) is 0 Å². The van der Waals surface area contributed by atoms with Gasteiger partial charge in [0.1, 0.15) is 6.16 Å². The Morgan fingerprint density at radius 2 is 1.77 bits per heavy atom. The number of aryl methyl sites for hydroxylation is 1. The van der Waals surface area contributed by atoms with E-state index >= 15 is 0 Å². The van der Waals surface area contributed by atoms with E-state index in [2.05, 4.69) is 0 Å². The second-order valence-corrected chi connectivity index (χ2v) is 9.19. The van der Waals surface area contributed by atoms with Crippen molar-refractivity contribution in [1.82, 2.24) is 0 Å². The van der Waals surface area contributed by atoms with Gasteiger partial charge in [-0.05, 0) is 24.8 Å². The molecule has 0 aliphatic rings. The molecule has 0 fully saturated rings. The second-order valence-electron chi connectivity index (χ2n) is 6.54. The highest BCUT2D eigenvalue weighted by Gasteiger charge is 2.26. The SMILES string of the molecule is CC(C)C(=O)OCCCOP(=O)(CCCCc1ccccc1)CC(=O)O. The molecule has 1 unspecified atom stereocenters. The van der Waals surface area contributed by atoms with Crippen molar-refractivity contribution in [2.24, 2.45) is 5.92 Å². The van der Waals surface area contributed by atoms with Gasteiger partial charge in [-0.3, -0.25) is 14.2 Å². The van der Waals surface area contributed by atoms with Crippen LogP contribution in [0.4, 0.5) is 0 Å². The van der Waals surface area contributed by atoms with Crippen molar-refractivity contribution in [2.75, 3.05) is 25.5 Å². The zero-order valence-corrected chi connectivity index (χ0v) is 16.5. The van der Waals surface area contributed by atoms with E-state index in [-0.39, 0.29) is 31.3 Å². The number of unbranched alkanes of at least 4 members (excludes halogenated alkanes) is 1. The summed E-state index contributed by atoms with van der Waals surface area (Å²) in [7, 11) is -3.22. The monoisotopic (exact) mass is 384 g/mol. The number of aliphatic carboxylic acids is 1. The molecule has 0 radical (unpaired) electrons. The van der Waals surface area contributed by atoms with Crippen molar-refractivity contribution in [3.05, 3.63) is 35.9 Å². The minimum absolute atomic E-state index is 0.120. The third kappa shape index (κ3) is 9.73. The fraction of sp³-hybridized carbons (Fsp3) is 0.579. The molecule has 1 rings (SSSR count). The third-order valence-corrected chi connectivity index (χ3v) is 6.17. The molecule has 0 bridgehead atoms. The van der Waals surface area contributed by atoms with Crippen molar-refractivity contribution < 1.29 is 28.5 Å². The van der Waals surface area contributed by atoms with E-state index in [0.29, 0.717) is 12.8 Å². The summed E-state index contributed by atoms with van der Waals surface area (Å²) in [6, 6.07) is 9.97. The summed E-state index contributed by atoms with van der Waals surface area (Å²) in [4.78, 5) is 22.3. The molecule has 0 aliphatic heterocycles. The molecule has 0 aliphatic carbocycles. The van der Waals surface area contributed by atoms with Gasteiger partial charge in [0, 0.05) is 12.6 Å². The van der Waals surface area contributed by atoms with Crippen LogP contribution in [0.5, 0.6) is 0 Å². The predicted molar refractivity (Wildman–Crippen MR) is 101 cm³/mol. The van der Waals surface area contributed by atoms with E-state index in [1.807, 2.05) is 30.3 Å². The molecule has 146 valence electrons. The molecule has 0 aromatic heterocycles. The van der Waals surface area contributed by atoms with Crippen molar-refractivity contribution >= 4 is 19.3 Å². The standard InChI is InChI=1S/C19H29O6P/c1-16(2)19(22)24-12-8-13-25-26(23,15-18(20)21)14-7-6-11-17-9-4-3-5-10-17/h3-5,9-10,16H,6-8,11-15H2,1-2H3,(H,20,21). The molecular weight excluding hydrogens is 355 g/mol. The summed E-state index contributed by atoms with van der Waals surface area (Å²) in [6.07, 6.45) is 2.50. The summed E-state index contributed by atoms with van der Waals surface area (Å²) in [6.45, 7) is 3.79. The number of ether oxygens (including phenoxy) is 1. The molecule has 1 atom stereocenters. The Balaban J connectivity index is 2.34. The maximum Gasteiger partial charge on any atom is 0.313 e. The molecule has 6 nitrogen and oxygen atoms in total. The first-order valence-electron chi connectivity index (χ1n) is 8.97. The fourth-order valence-corrected chi connectivity index (χ4v) is 4.31. The minimum Gasteiger partial charge on any atom is -0.481 e. The lowest BCUT2D eigenvalue weighted by Gasteiger charge is -2.17. The van der Waals surface area contributed by atoms with Gasteiger partial charge < -0.3 is 14.4 Å². The first-order valence-corrected chi connectivity index (χ1v) is 11.0. The molecule has 0 saturated heterocycles. The van der Waals surface area contributed by atoms with Crippen LogP contribution in [0, 0.1) is 5.92 Å². The van der Waals surface area contributed by atoms with E-state index in [4.69, 9.17) is 14.4 Å². The predicted octanol–water partition coefficient (Wildman–Crippen LogP) is 3.98. The first kappa shape index (κ1) is 22.4. The van der Waals surface area contributed by atoms with Crippen molar-refractivity contribution in [2.45, 2.75) is 39.5 Å². The molecule has 7 heteroatoms. The number of carboxylic acid groups (broad SMARTS) is 1.